The Morgan fingerprint density at radius 1 is 0.319 bits per heavy atom. The molecule has 141 heavy (non-hydrogen) atoms. The summed E-state index contributed by atoms with van der Waals surface area (Å²) in [5, 5.41) is 63.0. The Kier molecular flexibility index (Phi) is 35.4. The fraction of sp³-hybridized carbons (Fsp3) is 0.0900. The van der Waals surface area contributed by atoms with Gasteiger partial charge in [-0.2, -0.15) is 0 Å². The van der Waals surface area contributed by atoms with Crippen LogP contribution in [0.1, 0.15) is 40.4 Å². The number of carbonyl (C=O) groups excluding carboxylic acids is 6. The number of rotatable bonds is 31. The molecule has 0 atom stereocenters. The molecule has 0 saturated heterocycles. The van der Waals surface area contributed by atoms with Gasteiger partial charge in [0.15, 0.2) is 47.3 Å². The second-order valence-corrected chi connectivity index (χ2v) is 41.2. The molecule has 0 radical (unpaired) electrons. The van der Waals surface area contributed by atoms with Crippen LogP contribution >= 0.6 is 127 Å². The van der Waals surface area contributed by atoms with Crippen molar-refractivity contribution in [2.45, 2.75) is 79.3 Å². The second-order valence-electron chi connectivity index (χ2n) is 29.4. The van der Waals surface area contributed by atoms with Crippen molar-refractivity contribution in [2.24, 2.45) is 0 Å². The zero-order chi connectivity index (χ0) is 97.4. The lowest BCUT2D eigenvalue weighted by atomic mass is 10.1. The summed E-state index contributed by atoms with van der Waals surface area (Å²) >= 11 is 19.9. The number of nitrogens with one attached hydrogen (secondary N) is 5. The molecule has 0 bridgehead atoms. The van der Waals surface area contributed by atoms with Crippen LogP contribution in [-0.2, 0) is 36.8 Å². The van der Waals surface area contributed by atoms with Gasteiger partial charge < -0.3 is 29.6 Å². The highest BCUT2D eigenvalue weighted by Crippen LogP contribution is 2.42. The summed E-state index contributed by atoms with van der Waals surface area (Å²) in [6.07, 6.45) is 10.2. The lowest BCUT2D eigenvalue weighted by molar-refractivity contribution is -0.118. The van der Waals surface area contributed by atoms with Gasteiger partial charge in [-0.1, -0.05) is 284 Å². The van der Waals surface area contributed by atoms with Crippen molar-refractivity contribution in [1.82, 2.24) is 75.9 Å². The maximum Gasteiger partial charge on any atom is 0.264 e. The number of para-hydroxylation sites is 6. The highest BCUT2D eigenvalue weighted by atomic mass is 35.5. The molecule has 0 saturated carbocycles. The number of aryl methyl sites for hydroxylation is 2. The number of hydrogen-bond donors (Lipinski definition) is 5. The number of ether oxygens (including phenoxy) is 4. The number of ketones is 1. The number of benzene rings is 10. The van der Waals surface area contributed by atoms with E-state index in [1.165, 1.54) is 122 Å². The quantitative estimate of drug-likeness (QED) is 0.0199. The molecule has 0 aliphatic carbocycles. The molecule has 41 heteroatoms. The van der Waals surface area contributed by atoms with Gasteiger partial charge in [-0.05, 0) is 153 Å². The SMILES string of the molecule is CC(=O)c1ccc(OCC(=O)Nc2nnc(Sc3ccnc4ccccc34)s2)cc1.COc1ccccc1CC(=O)Nc1nnc(Sc2ccnc3ccccc23)s1.Cc1ccc(OCC(=O)Nc2nnc(Sc3ccnc4ccccc34)s2)cc1.O=C(CCc1ccccc1)Nc1nnc(Sc2ccnc3ccccc23)s1.O=C(COc1ccc(Cl)cc1)Nc1nnc(Sc2ccnc3ccccc23)s1. The Bertz CT molecular complexity index is 7520. The summed E-state index contributed by atoms with van der Waals surface area (Å²) < 4.78 is 25.3. The van der Waals surface area contributed by atoms with Gasteiger partial charge in [0.1, 0.15) is 23.0 Å². The summed E-state index contributed by atoms with van der Waals surface area (Å²) in [6, 6.07) is 87.8. The summed E-state index contributed by atoms with van der Waals surface area (Å²) in [5.74, 6) is 1.25. The predicted octanol–water partition coefficient (Wildman–Crippen LogP) is 23.2. The highest BCUT2D eigenvalue weighted by molar-refractivity contribution is 8.02. The lowest BCUT2D eigenvalue weighted by Crippen LogP contribution is -2.20. The molecule has 20 rings (SSSR count). The molecule has 0 fully saturated rings. The third-order valence-electron chi connectivity index (χ3n) is 19.5. The summed E-state index contributed by atoms with van der Waals surface area (Å²) in [6.45, 7) is 3.11. The topological polar surface area (TPSA) is 393 Å². The lowest BCUT2D eigenvalue weighted by Gasteiger charge is -2.07. The first kappa shape index (κ1) is 99.3. The number of fused-ring (bicyclic) bond motifs is 5. The standard InChI is InChI=1S/C21H16N4O3S2.2C20H16N4O2S2.C20H16N4OS2.C19H13ClN4O2S2/c1-13(26)14-6-8-15(9-7-14)28-12-19(27)23-20-24-25-21(30-20)29-18-10-11-22-17-5-3-2-4-16(17)18;1-26-16-9-5-2-6-13(16)12-18(25)22-19-23-24-20(28-19)27-17-10-11-21-15-8-4-3-7-14(15)17;1-13-6-8-14(9-7-13)26-12-18(25)22-19-23-24-20(28-19)27-17-10-11-21-16-5-3-2-4-15(16)17;25-18(11-10-14-6-2-1-3-7-14)22-19-23-24-20(27-19)26-17-12-13-21-16-9-5-4-8-15(16)17;20-12-5-7-13(8-6-12)26-11-17(25)22-18-23-24-19(28-18)27-16-9-10-21-15-4-2-1-3-14(15)16/h2-11H,12H2,1H3,(H,23,24,27);2*2-11H,12H2,1H3,(H,22,23,25);1-9,12-13H,10-11H2,(H,22,23,25);1-10H,11H2,(H,22,23,25). The van der Waals surface area contributed by atoms with Crippen LogP contribution in [0.15, 0.2) is 356 Å². The van der Waals surface area contributed by atoms with Crippen LogP contribution in [0, 0.1) is 6.92 Å². The van der Waals surface area contributed by atoms with Crippen molar-refractivity contribution in [3.05, 3.63) is 337 Å². The van der Waals surface area contributed by atoms with Crippen LogP contribution in [0.25, 0.3) is 54.5 Å². The van der Waals surface area contributed by atoms with Crippen LogP contribution < -0.4 is 45.5 Å². The van der Waals surface area contributed by atoms with E-state index in [4.69, 9.17) is 30.5 Å². The molecule has 10 heterocycles. The van der Waals surface area contributed by atoms with Gasteiger partial charge in [0.05, 0.1) is 41.1 Å². The van der Waals surface area contributed by atoms with Crippen molar-refractivity contribution in [3.8, 4) is 23.0 Å². The molecule has 5 N–H and O–H groups in total. The Labute approximate surface area is 852 Å². The first-order valence-corrected chi connectivity index (χ1v) is 51.2. The molecular formula is C100H77ClN20O10S10. The predicted molar refractivity (Wildman–Crippen MR) is 559 cm³/mol. The number of carbonyl (C=O) groups is 6. The summed E-state index contributed by atoms with van der Waals surface area (Å²) in [4.78, 5) is 99.1. The number of hydrogen-bond acceptors (Lipinski definition) is 35. The van der Waals surface area contributed by atoms with Crippen LogP contribution in [0.3, 0.4) is 0 Å². The molecule has 0 aliphatic rings. The van der Waals surface area contributed by atoms with Crippen LogP contribution in [-0.4, -0.2) is 138 Å². The third-order valence-corrected chi connectivity index (χ3v) is 29.6. The smallest absolute Gasteiger partial charge is 0.264 e. The molecule has 5 amide bonds. The van der Waals surface area contributed by atoms with Crippen LogP contribution in [0.5, 0.6) is 23.0 Å². The minimum absolute atomic E-state index is 0.0241. The van der Waals surface area contributed by atoms with E-state index in [1.54, 1.807) is 86.6 Å². The summed E-state index contributed by atoms with van der Waals surface area (Å²) in [7, 11) is 1.59. The summed E-state index contributed by atoms with van der Waals surface area (Å²) in [5.41, 5.74) is 8.34. The first-order valence-electron chi connectivity index (χ1n) is 42.7. The van der Waals surface area contributed by atoms with E-state index in [2.05, 4.69) is 102 Å². The molecule has 0 aliphatic heterocycles. The molecule has 0 spiro atoms. The van der Waals surface area contributed by atoms with Crippen molar-refractivity contribution >= 4 is 243 Å². The van der Waals surface area contributed by atoms with Crippen LogP contribution in [0.2, 0.25) is 5.02 Å². The van der Waals surface area contributed by atoms with Crippen molar-refractivity contribution in [3.63, 3.8) is 0 Å². The first-order chi connectivity index (χ1) is 68.9. The van der Waals surface area contributed by atoms with Crippen molar-refractivity contribution in [2.75, 3.05) is 53.5 Å². The number of amides is 5. The van der Waals surface area contributed by atoms with Gasteiger partial charge in [0, 0.05) is 105 Å². The maximum absolute atomic E-state index is 12.3. The number of pyridine rings is 5. The number of Topliss-reactive ketones (excluding diaryl/α,β-unsaturated/α-hetero) is 1. The van der Waals surface area contributed by atoms with Gasteiger partial charge in [0.2, 0.25) is 37.5 Å². The number of nitrogens with zero attached hydrogens (tertiary/aromatic N) is 15. The average Bonchev–Trinajstić information content (AvgIpc) is 1.82. The number of anilines is 5. The van der Waals surface area contributed by atoms with Crippen LogP contribution in [0.4, 0.5) is 25.7 Å². The average molecular weight is 2070 g/mol. The molecule has 30 nitrogen and oxygen atoms in total. The zero-order valence-electron chi connectivity index (χ0n) is 74.4. The second kappa shape index (κ2) is 50.2. The van der Waals surface area contributed by atoms with Gasteiger partial charge in [-0.3, -0.25) is 69.6 Å². The minimum atomic E-state index is -0.340. The fourth-order valence-electron chi connectivity index (χ4n) is 12.9. The van der Waals surface area contributed by atoms with Gasteiger partial charge in [-0.15, -0.1) is 51.0 Å². The Hall–Kier alpha value is -14.7. The molecule has 10 aromatic heterocycles. The zero-order valence-corrected chi connectivity index (χ0v) is 83.4. The Morgan fingerprint density at radius 2 is 0.610 bits per heavy atom. The number of aromatic nitrogens is 15. The van der Waals surface area contributed by atoms with E-state index >= 15 is 0 Å². The maximum atomic E-state index is 12.3. The fourth-order valence-corrected chi connectivity index (χ4v) is 22.3. The van der Waals surface area contributed by atoms with E-state index in [1.807, 2.05) is 237 Å². The largest absolute Gasteiger partial charge is 0.496 e. The van der Waals surface area contributed by atoms with E-state index in [0.29, 0.717) is 76.4 Å². The minimum Gasteiger partial charge on any atom is -0.496 e. The van der Waals surface area contributed by atoms with Gasteiger partial charge in [-0.25, -0.2) is 0 Å². The molecular weight excluding hydrogens is 2000 g/mol. The van der Waals surface area contributed by atoms with Gasteiger partial charge in [0.25, 0.3) is 17.7 Å². The Balaban J connectivity index is 0.000000127. The molecule has 704 valence electrons. The number of methoxy groups -OCH3 is 1. The third kappa shape index (κ3) is 29.5. The van der Waals surface area contributed by atoms with E-state index < -0.39 is 0 Å². The van der Waals surface area contributed by atoms with E-state index in [-0.39, 0.29) is 61.6 Å². The Morgan fingerprint density at radius 3 is 0.943 bits per heavy atom. The molecule has 10 aromatic carbocycles. The monoisotopic (exact) mass is 2070 g/mol. The normalized spacial score (nSPS) is 10.8. The molecule has 0 unspecified atom stereocenters. The number of halogens is 1. The van der Waals surface area contributed by atoms with E-state index in [9.17, 15) is 28.8 Å². The van der Waals surface area contributed by atoms with Crippen molar-refractivity contribution in [1.29, 1.82) is 0 Å². The van der Waals surface area contributed by atoms with Crippen molar-refractivity contribution < 1.29 is 47.7 Å². The molecule has 20 aromatic rings. The highest BCUT2D eigenvalue weighted by Gasteiger charge is 2.20. The van der Waals surface area contributed by atoms with Gasteiger partial charge >= 0.3 is 0 Å². The van der Waals surface area contributed by atoms with E-state index in [0.717, 1.165) is 113 Å².